The first-order valence-electron chi connectivity index (χ1n) is 13.5. The van der Waals surface area contributed by atoms with Crippen LogP contribution in [0.5, 0.6) is 0 Å². The Morgan fingerprint density at radius 2 is 1.00 bits per heavy atom. The van der Waals surface area contributed by atoms with E-state index < -0.39 is 0 Å². The third-order valence-electron chi connectivity index (χ3n) is 6.89. The van der Waals surface area contributed by atoms with Gasteiger partial charge in [0.1, 0.15) is 0 Å². The van der Waals surface area contributed by atoms with Crippen molar-refractivity contribution < 1.29 is 0 Å². The number of hydrogen-bond acceptors (Lipinski definition) is 0. The van der Waals surface area contributed by atoms with Crippen LogP contribution >= 0.6 is 0 Å². The topological polar surface area (TPSA) is 0 Å². The van der Waals surface area contributed by atoms with Gasteiger partial charge in [-0.3, -0.25) is 0 Å². The summed E-state index contributed by atoms with van der Waals surface area (Å²) in [6, 6.07) is 35.3. The molecular weight excluding hydrogens is 432 g/mol. The quantitative estimate of drug-likeness (QED) is 0.215. The number of rotatable bonds is 1. The van der Waals surface area contributed by atoms with Crippen molar-refractivity contribution in [2.45, 2.75) is 53.4 Å². The molecule has 36 heavy (non-hydrogen) atoms. The standard InChI is InChI=1S/C32H24.2C2H6/c1-2-22-21-25-13-5-8-17-29(25)32(30-18-10-9-14-26(22)30)31-27-15-6-3-11-23(27)19-20-24-12-4-7-16-28(24)31;2*1-2/h3-18,22H,2,21H2,1H3;2*1-2H3. The number of fused-ring (bicyclic) bond motifs is 4. The normalized spacial score (nSPS) is 14.4. The van der Waals surface area contributed by atoms with Crippen LogP contribution < -0.4 is 0 Å². The Kier molecular flexibility index (Phi) is 8.24. The van der Waals surface area contributed by atoms with Gasteiger partial charge in [0, 0.05) is 11.1 Å². The molecule has 0 heterocycles. The summed E-state index contributed by atoms with van der Waals surface area (Å²) in [6.07, 6.45) is 2.20. The van der Waals surface area contributed by atoms with Gasteiger partial charge in [0.15, 0.2) is 0 Å². The summed E-state index contributed by atoms with van der Waals surface area (Å²) < 4.78 is 0. The molecule has 0 bridgehead atoms. The predicted molar refractivity (Wildman–Crippen MR) is 156 cm³/mol. The Balaban J connectivity index is 0.000000726. The molecule has 1 unspecified atom stereocenters. The highest BCUT2D eigenvalue weighted by Gasteiger charge is 2.28. The second kappa shape index (κ2) is 11.7. The molecule has 0 aromatic heterocycles. The zero-order chi connectivity index (χ0) is 25.5. The minimum Gasteiger partial charge on any atom is -0.0683 e. The van der Waals surface area contributed by atoms with Gasteiger partial charge in [0.2, 0.25) is 0 Å². The van der Waals surface area contributed by atoms with E-state index in [0.29, 0.717) is 5.92 Å². The monoisotopic (exact) mass is 468 g/mol. The molecule has 4 aromatic rings. The molecule has 0 aliphatic heterocycles. The molecule has 2 aliphatic rings. The molecule has 0 N–H and O–H groups in total. The molecule has 0 amide bonds. The number of benzene rings is 4. The van der Waals surface area contributed by atoms with Crippen molar-refractivity contribution in [2.24, 2.45) is 0 Å². The van der Waals surface area contributed by atoms with Gasteiger partial charge in [0.05, 0.1) is 0 Å². The SMILES string of the molecule is CC.CC.CCC1Cc2ccccc2C(=C2c3ccccc3C#Cc3ccccc32)c2ccccc21. The van der Waals surface area contributed by atoms with Gasteiger partial charge in [-0.1, -0.05) is 131 Å². The van der Waals surface area contributed by atoms with Crippen molar-refractivity contribution in [1.29, 1.82) is 0 Å². The highest BCUT2D eigenvalue weighted by atomic mass is 14.3. The fraction of sp³-hybridized carbons (Fsp3) is 0.222. The van der Waals surface area contributed by atoms with Crippen molar-refractivity contribution in [3.8, 4) is 11.8 Å². The first kappa shape index (κ1) is 25.3. The predicted octanol–water partition coefficient (Wildman–Crippen LogP) is 9.51. The van der Waals surface area contributed by atoms with Crippen molar-refractivity contribution in [1.82, 2.24) is 0 Å². The third kappa shape index (κ3) is 4.55. The molecule has 180 valence electrons. The van der Waals surface area contributed by atoms with Crippen LogP contribution in [0.3, 0.4) is 0 Å². The lowest BCUT2D eigenvalue weighted by Gasteiger charge is -2.21. The maximum absolute atomic E-state index is 3.45. The van der Waals surface area contributed by atoms with Gasteiger partial charge in [-0.05, 0) is 75.4 Å². The van der Waals surface area contributed by atoms with Crippen LogP contribution in [-0.4, -0.2) is 0 Å². The van der Waals surface area contributed by atoms with Gasteiger partial charge in [0.25, 0.3) is 0 Å². The Hall–Kier alpha value is -3.82. The molecule has 0 saturated heterocycles. The average Bonchev–Trinajstić information content (AvgIpc) is 3.21. The molecule has 0 saturated carbocycles. The van der Waals surface area contributed by atoms with E-state index in [1.807, 2.05) is 27.7 Å². The lowest BCUT2D eigenvalue weighted by Crippen LogP contribution is -2.02. The summed E-state index contributed by atoms with van der Waals surface area (Å²) in [5.41, 5.74) is 12.8. The van der Waals surface area contributed by atoms with Gasteiger partial charge >= 0.3 is 0 Å². The van der Waals surface area contributed by atoms with Crippen LogP contribution in [0.1, 0.15) is 91.5 Å². The summed E-state index contributed by atoms with van der Waals surface area (Å²) in [5, 5.41) is 0. The van der Waals surface area contributed by atoms with E-state index in [4.69, 9.17) is 0 Å². The largest absolute Gasteiger partial charge is 0.0683 e. The van der Waals surface area contributed by atoms with E-state index in [1.165, 1.54) is 44.5 Å². The summed E-state index contributed by atoms with van der Waals surface area (Å²) in [4.78, 5) is 0. The molecule has 0 radical (unpaired) electrons. The Morgan fingerprint density at radius 1 is 0.556 bits per heavy atom. The van der Waals surface area contributed by atoms with Crippen LogP contribution in [0.15, 0.2) is 97.1 Å². The zero-order valence-electron chi connectivity index (χ0n) is 22.2. The summed E-state index contributed by atoms with van der Waals surface area (Å²) in [7, 11) is 0. The highest BCUT2D eigenvalue weighted by molar-refractivity contribution is 6.08. The van der Waals surface area contributed by atoms with Gasteiger partial charge in [-0.15, -0.1) is 0 Å². The first-order valence-corrected chi connectivity index (χ1v) is 13.5. The molecule has 0 heteroatoms. The van der Waals surface area contributed by atoms with E-state index in [9.17, 15) is 0 Å². The van der Waals surface area contributed by atoms with Crippen molar-refractivity contribution >= 4 is 11.1 Å². The zero-order valence-corrected chi connectivity index (χ0v) is 22.2. The molecule has 4 aromatic carbocycles. The fourth-order valence-corrected chi connectivity index (χ4v) is 5.35. The summed E-state index contributed by atoms with van der Waals surface area (Å²) in [5.74, 6) is 7.41. The maximum atomic E-state index is 3.45. The van der Waals surface area contributed by atoms with Gasteiger partial charge in [-0.2, -0.15) is 0 Å². The van der Waals surface area contributed by atoms with Gasteiger partial charge < -0.3 is 0 Å². The van der Waals surface area contributed by atoms with Crippen LogP contribution in [-0.2, 0) is 6.42 Å². The van der Waals surface area contributed by atoms with Crippen LogP contribution in [0.4, 0.5) is 0 Å². The smallest absolute Gasteiger partial charge is 0.0327 e. The van der Waals surface area contributed by atoms with E-state index in [0.717, 1.165) is 24.0 Å². The van der Waals surface area contributed by atoms with E-state index in [-0.39, 0.29) is 0 Å². The van der Waals surface area contributed by atoms with E-state index in [2.05, 4.69) is 116 Å². The van der Waals surface area contributed by atoms with Gasteiger partial charge in [-0.25, -0.2) is 0 Å². The average molecular weight is 469 g/mol. The lowest BCUT2D eigenvalue weighted by molar-refractivity contribution is 0.662. The second-order valence-electron chi connectivity index (χ2n) is 8.64. The summed E-state index contributed by atoms with van der Waals surface area (Å²) >= 11 is 0. The fourth-order valence-electron chi connectivity index (χ4n) is 5.35. The molecule has 0 spiro atoms. The van der Waals surface area contributed by atoms with Crippen molar-refractivity contribution in [3.63, 3.8) is 0 Å². The van der Waals surface area contributed by atoms with Crippen LogP contribution in [0.25, 0.3) is 11.1 Å². The van der Waals surface area contributed by atoms with Crippen molar-refractivity contribution in [3.05, 3.63) is 142 Å². The minimum atomic E-state index is 0.512. The molecule has 6 rings (SSSR count). The second-order valence-corrected chi connectivity index (χ2v) is 8.64. The maximum Gasteiger partial charge on any atom is 0.0327 e. The number of hydrogen-bond donors (Lipinski definition) is 0. The third-order valence-corrected chi connectivity index (χ3v) is 6.89. The van der Waals surface area contributed by atoms with Crippen LogP contribution in [0, 0.1) is 11.8 Å². The molecule has 0 fully saturated rings. The van der Waals surface area contributed by atoms with E-state index >= 15 is 0 Å². The summed E-state index contributed by atoms with van der Waals surface area (Å²) in [6.45, 7) is 10.3. The molecule has 1 atom stereocenters. The highest BCUT2D eigenvalue weighted by Crippen LogP contribution is 2.46. The molecule has 2 aliphatic carbocycles. The minimum absolute atomic E-state index is 0.512. The Bertz CT molecular complexity index is 1380. The van der Waals surface area contributed by atoms with Crippen LogP contribution in [0.2, 0.25) is 0 Å². The molecule has 0 nitrogen and oxygen atoms in total. The first-order chi connectivity index (χ1) is 17.8. The van der Waals surface area contributed by atoms with E-state index in [1.54, 1.807) is 0 Å². The van der Waals surface area contributed by atoms with Crippen molar-refractivity contribution in [2.75, 3.05) is 0 Å². The Labute approximate surface area is 217 Å². The Morgan fingerprint density at radius 3 is 1.58 bits per heavy atom. The molecular formula is C36H36. The lowest BCUT2D eigenvalue weighted by atomic mass is 9.82.